The largest absolute Gasteiger partial charge is 0.461 e. The maximum atomic E-state index is 12.4. The van der Waals surface area contributed by atoms with Crippen LogP contribution in [-0.2, 0) is 9.53 Å². The highest BCUT2D eigenvalue weighted by Crippen LogP contribution is 2.39. The van der Waals surface area contributed by atoms with Crippen molar-refractivity contribution in [2.75, 3.05) is 6.54 Å². The standard InChI is InChI=1S/C17H31NO2/c1-5-13-6-7-18-15(9-13)16(19)20-14-8-12(2)10-17(3,4)11-14/h12-15,18H,5-11H2,1-4H3. The Hall–Kier alpha value is -0.570. The summed E-state index contributed by atoms with van der Waals surface area (Å²) in [5.41, 5.74) is 0.300. The molecule has 1 heterocycles. The van der Waals surface area contributed by atoms with Crippen LogP contribution >= 0.6 is 0 Å². The van der Waals surface area contributed by atoms with Crippen LogP contribution in [0.4, 0.5) is 0 Å². The van der Waals surface area contributed by atoms with Crippen molar-refractivity contribution >= 4 is 5.97 Å². The summed E-state index contributed by atoms with van der Waals surface area (Å²) in [7, 11) is 0. The molecular weight excluding hydrogens is 250 g/mol. The molecule has 4 unspecified atom stereocenters. The Morgan fingerprint density at radius 3 is 2.70 bits per heavy atom. The third-order valence-electron chi connectivity index (χ3n) is 5.00. The number of hydrogen-bond donors (Lipinski definition) is 1. The highest BCUT2D eigenvalue weighted by atomic mass is 16.5. The fourth-order valence-corrected chi connectivity index (χ4v) is 4.14. The van der Waals surface area contributed by atoms with Crippen molar-refractivity contribution in [2.24, 2.45) is 17.3 Å². The van der Waals surface area contributed by atoms with Gasteiger partial charge in [-0.1, -0.05) is 34.1 Å². The van der Waals surface area contributed by atoms with Gasteiger partial charge < -0.3 is 10.1 Å². The Bertz CT molecular complexity index is 340. The van der Waals surface area contributed by atoms with Gasteiger partial charge in [-0.25, -0.2) is 0 Å². The molecule has 1 saturated carbocycles. The van der Waals surface area contributed by atoms with E-state index in [-0.39, 0.29) is 18.1 Å². The van der Waals surface area contributed by atoms with E-state index in [1.165, 1.54) is 19.3 Å². The topological polar surface area (TPSA) is 38.3 Å². The highest BCUT2D eigenvalue weighted by Gasteiger charge is 2.36. The lowest BCUT2D eigenvalue weighted by Crippen LogP contribution is -2.46. The first-order valence-electron chi connectivity index (χ1n) is 8.33. The molecule has 0 amide bonds. The van der Waals surface area contributed by atoms with E-state index in [4.69, 9.17) is 4.74 Å². The normalized spacial score (nSPS) is 37.4. The Morgan fingerprint density at radius 2 is 2.05 bits per heavy atom. The van der Waals surface area contributed by atoms with Crippen molar-refractivity contribution in [3.63, 3.8) is 0 Å². The zero-order valence-corrected chi connectivity index (χ0v) is 13.6. The summed E-state index contributed by atoms with van der Waals surface area (Å²) in [5.74, 6) is 1.31. The number of nitrogens with one attached hydrogen (secondary N) is 1. The fourth-order valence-electron chi connectivity index (χ4n) is 4.14. The molecule has 3 heteroatoms. The van der Waals surface area contributed by atoms with Crippen molar-refractivity contribution in [1.82, 2.24) is 5.32 Å². The van der Waals surface area contributed by atoms with Gasteiger partial charge in [0.2, 0.25) is 0 Å². The molecule has 3 nitrogen and oxygen atoms in total. The van der Waals surface area contributed by atoms with Crippen LogP contribution in [0.25, 0.3) is 0 Å². The molecule has 0 aromatic heterocycles. The average molecular weight is 281 g/mol. The molecule has 1 N–H and O–H groups in total. The van der Waals surface area contributed by atoms with Gasteiger partial charge in [-0.05, 0) is 55.9 Å². The quantitative estimate of drug-likeness (QED) is 0.804. The number of esters is 1. The van der Waals surface area contributed by atoms with Crippen molar-refractivity contribution in [3.05, 3.63) is 0 Å². The smallest absolute Gasteiger partial charge is 0.323 e. The predicted molar refractivity (Wildman–Crippen MR) is 81.5 cm³/mol. The van der Waals surface area contributed by atoms with Gasteiger partial charge in [-0.15, -0.1) is 0 Å². The molecule has 116 valence electrons. The van der Waals surface area contributed by atoms with Gasteiger partial charge in [0.25, 0.3) is 0 Å². The first-order chi connectivity index (χ1) is 9.39. The molecule has 0 aromatic carbocycles. The summed E-state index contributed by atoms with van der Waals surface area (Å²) in [5, 5.41) is 3.33. The number of piperidine rings is 1. The molecule has 1 saturated heterocycles. The average Bonchev–Trinajstić information content (AvgIpc) is 2.36. The first kappa shape index (κ1) is 15.8. The number of carbonyl (C=O) groups is 1. The minimum absolute atomic E-state index is 0.0157. The van der Waals surface area contributed by atoms with E-state index in [9.17, 15) is 4.79 Å². The molecule has 1 aliphatic heterocycles. The lowest BCUT2D eigenvalue weighted by molar-refractivity contribution is -0.157. The Labute approximate surface area is 123 Å². The van der Waals surface area contributed by atoms with Gasteiger partial charge in [0, 0.05) is 0 Å². The molecule has 2 fully saturated rings. The summed E-state index contributed by atoms with van der Waals surface area (Å²) in [4.78, 5) is 12.4. The van der Waals surface area contributed by atoms with Gasteiger partial charge in [0.15, 0.2) is 0 Å². The van der Waals surface area contributed by atoms with Gasteiger partial charge in [-0.2, -0.15) is 0 Å². The Balaban J connectivity index is 1.87. The molecule has 4 atom stereocenters. The summed E-state index contributed by atoms with van der Waals surface area (Å²) in [6, 6.07) is -0.0750. The molecular formula is C17H31NO2. The number of rotatable bonds is 3. The van der Waals surface area contributed by atoms with Crippen molar-refractivity contribution in [1.29, 1.82) is 0 Å². The van der Waals surface area contributed by atoms with Crippen molar-refractivity contribution in [2.45, 2.75) is 78.4 Å². The second kappa shape index (κ2) is 6.46. The van der Waals surface area contributed by atoms with E-state index >= 15 is 0 Å². The second-order valence-corrected chi connectivity index (χ2v) is 7.78. The first-order valence-corrected chi connectivity index (χ1v) is 8.33. The monoisotopic (exact) mass is 281 g/mol. The second-order valence-electron chi connectivity index (χ2n) is 7.78. The molecule has 20 heavy (non-hydrogen) atoms. The molecule has 0 aromatic rings. The van der Waals surface area contributed by atoms with Crippen molar-refractivity contribution < 1.29 is 9.53 Å². The third-order valence-corrected chi connectivity index (χ3v) is 5.00. The molecule has 0 spiro atoms. The van der Waals surface area contributed by atoms with Gasteiger partial charge in [-0.3, -0.25) is 4.79 Å². The van der Waals surface area contributed by atoms with Gasteiger partial charge in [0.05, 0.1) is 0 Å². The zero-order chi connectivity index (χ0) is 14.8. The molecule has 2 rings (SSSR count). The van der Waals surface area contributed by atoms with Gasteiger partial charge in [0.1, 0.15) is 12.1 Å². The number of ether oxygens (including phenoxy) is 1. The van der Waals surface area contributed by atoms with Crippen LogP contribution in [0, 0.1) is 17.3 Å². The van der Waals surface area contributed by atoms with Crippen LogP contribution in [0.1, 0.15) is 66.2 Å². The van der Waals surface area contributed by atoms with E-state index in [2.05, 4.69) is 33.0 Å². The van der Waals surface area contributed by atoms with E-state index in [0.29, 0.717) is 17.3 Å². The SMILES string of the molecule is CCC1CCNC(C(=O)OC2CC(C)CC(C)(C)C2)C1. The van der Waals surface area contributed by atoms with E-state index in [1.807, 2.05) is 0 Å². The van der Waals surface area contributed by atoms with Crippen LogP contribution in [0.2, 0.25) is 0 Å². The van der Waals surface area contributed by atoms with E-state index in [1.54, 1.807) is 0 Å². The minimum Gasteiger partial charge on any atom is -0.461 e. The van der Waals surface area contributed by atoms with Crippen LogP contribution < -0.4 is 5.32 Å². The van der Waals surface area contributed by atoms with Crippen LogP contribution in [0.5, 0.6) is 0 Å². The predicted octanol–water partition coefficient (Wildman–Crippen LogP) is 3.52. The Morgan fingerprint density at radius 1 is 1.30 bits per heavy atom. The summed E-state index contributed by atoms with van der Waals surface area (Å²) < 4.78 is 5.83. The van der Waals surface area contributed by atoms with Crippen LogP contribution in [0.3, 0.4) is 0 Å². The lowest BCUT2D eigenvalue weighted by Gasteiger charge is -2.39. The summed E-state index contributed by atoms with van der Waals surface area (Å²) in [6.45, 7) is 10.0. The van der Waals surface area contributed by atoms with Crippen LogP contribution in [0.15, 0.2) is 0 Å². The maximum absolute atomic E-state index is 12.4. The summed E-state index contributed by atoms with van der Waals surface area (Å²) >= 11 is 0. The van der Waals surface area contributed by atoms with Gasteiger partial charge >= 0.3 is 5.97 Å². The van der Waals surface area contributed by atoms with E-state index < -0.39 is 0 Å². The maximum Gasteiger partial charge on any atom is 0.323 e. The lowest BCUT2D eigenvalue weighted by atomic mass is 9.71. The summed E-state index contributed by atoms with van der Waals surface area (Å²) in [6.07, 6.45) is 6.69. The molecule has 1 aliphatic carbocycles. The molecule has 0 radical (unpaired) electrons. The zero-order valence-electron chi connectivity index (χ0n) is 13.6. The number of hydrogen-bond acceptors (Lipinski definition) is 3. The Kier molecular flexibility index (Phi) is 5.11. The third kappa shape index (κ3) is 4.21. The van der Waals surface area contributed by atoms with Crippen molar-refractivity contribution in [3.8, 4) is 0 Å². The highest BCUT2D eigenvalue weighted by molar-refractivity contribution is 5.76. The fraction of sp³-hybridized carbons (Fsp3) is 0.941. The molecule has 2 aliphatic rings. The number of carbonyl (C=O) groups excluding carboxylic acids is 1. The molecule has 0 bridgehead atoms. The minimum atomic E-state index is -0.0750. The van der Waals surface area contributed by atoms with Crippen LogP contribution in [-0.4, -0.2) is 24.7 Å². The van der Waals surface area contributed by atoms with E-state index in [0.717, 1.165) is 25.8 Å².